The molecular weight excluding hydrogens is 321 g/mol. The number of hydrogen-bond donors (Lipinski definition) is 0. The van der Waals surface area contributed by atoms with E-state index in [1.165, 1.54) is 6.08 Å². The smallest absolute Gasteiger partial charge is 0 e. The zero-order chi connectivity index (χ0) is 3.41. The van der Waals surface area contributed by atoms with Gasteiger partial charge in [-0.3, -0.25) is 0 Å². The van der Waals surface area contributed by atoms with Crippen LogP contribution >= 0.6 is 0 Å². The van der Waals surface area contributed by atoms with Crippen molar-refractivity contribution in [3.63, 3.8) is 0 Å². The Morgan fingerprint density at radius 2 is 1.83 bits per heavy atom. The molecule has 0 N–H and O–H groups in total. The summed E-state index contributed by atoms with van der Waals surface area (Å²) in [7, 11) is 0. The summed E-state index contributed by atoms with van der Waals surface area (Å²) in [6, 6.07) is 0. The topological polar surface area (TPSA) is 0 Å². The molecule has 0 fully saturated rings. The molecule has 1 radical (unpaired) electrons. The molecule has 6 heavy (non-hydrogen) atoms. The van der Waals surface area contributed by atoms with E-state index in [2.05, 4.69) is 0 Å². The van der Waals surface area contributed by atoms with Crippen molar-refractivity contribution < 1.29 is 53.8 Å². The van der Waals surface area contributed by atoms with Gasteiger partial charge in [0.15, 0.2) is 0 Å². The molecule has 0 aromatic carbocycles. The van der Waals surface area contributed by atoms with Gasteiger partial charge in [-0.05, 0) is 0 Å². The van der Waals surface area contributed by atoms with Crippen molar-refractivity contribution >= 4 is 0 Å². The van der Waals surface area contributed by atoms with Gasteiger partial charge in [-0.25, -0.2) is 0 Å². The molecule has 33 valence electrons. The Labute approximate surface area is 78.9 Å². The van der Waals surface area contributed by atoms with Crippen molar-refractivity contribution in [1.82, 2.24) is 0 Å². The maximum atomic E-state index is 4.85. The quantitative estimate of drug-likeness (QED) is 0.635. The predicted molar refractivity (Wildman–Crippen MR) is 18.8 cm³/mol. The molecule has 2 heteroatoms. The molecule has 0 heterocycles. The molecule has 0 aliphatic heterocycles. The van der Waals surface area contributed by atoms with Crippen LogP contribution < -0.4 is 0 Å². The van der Waals surface area contributed by atoms with Crippen molar-refractivity contribution in [2.75, 3.05) is 0 Å². The van der Waals surface area contributed by atoms with Crippen LogP contribution in [-0.2, 0) is 53.8 Å². The third-order valence-corrected chi connectivity index (χ3v) is 0.192. The van der Waals surface area contributed by atoms with Crippen LogP contribution in [0.1, 0.15) is 6.92 Å². The minimum absolute atomic E-state index is 0. The second kappa shape index (κ2) is 16.1. The minimum Gasteiger partial charge on any atom is -0.549 e. The molecule has 0 unspecified atom stereocenters. The molecule has 0 atom stereocenters. The first-order valence-electron chi connectivity index (χ1n) is 1.24. The molecule has 0 nitrogen and oxygen atoms in total. The molecule has 0 saturated carbocycles. The van der Waals surface area contributed by atoms with Crippen LogP contribution in [0.15, 0.2) is 6.08 Å². The zero-order valence-corrected chi connectivity index (χ0v) is 9.49. The van der Waals surface area contributed by atoms with Crippen molar-refractivity contribution in [1.29, 1.82) is 0 Å². The van der Waals surface area contributed by atoms with Crippen LogP contribution in [0.25, 0.3) is 0 Å². The maximum absolute atomic E-state index is 4.85. The average Bonchev–Trinajstić information content (AvgIpc) is 1.37. The van der Waals surface area contributed by atoms with Crippen LogP contribution in [0.5, 0.6) is 0 Å². The number of rotatable bonds is 1. The van der Waals surface area contributed by atoms with E-state index in [0.717, 1.165) is 0 Å². The Hall–Kier alpha value is 1.40. The molecule has 0 rings (SSSR count). The zero-order valence-electron chi connectivity index (χ0n) is 3.72. The second-order valence-electron chi connectivity index (χ2n) is 0.526. The van der Waals surface area contributed by atoms with Gasteiger partial charge in [0.05, 0.1) is 0 Å². The summed E-state index contributed by atoms with van der Waals surface area (Å²) in [5.74, 6) is 0. The monoisotopic (exact) mass is 327 g/mol. The Morgan fingerprint density at radius 1 is 1.67 bits per heavy atom. The fourth-order valence-corrected chi connectivity index (χ4v) is 0. The first kappa shape index (κ1) is 15.7. The van der Waals surface area contributed by atoms with E-state index in [0.29, 0.717) is 0 Å². The molecule has 0 aromatic rings. The van der Waals surface area contributed by atoms with Crippen LogP contribution in [0.3, 0.4) is 0 Å². The Bertz CT molecular complexity index is 21.5. The SMILES string of the molecule is [CH-]=C[CH-]C.[W].[Y]. The summed E-state index contributed by atoms with van der Waals surface area (Å²) in [6.07, 6.45) is 3.28. The summed E-state index contributed by atoms with van der Waals surface area (Å²) in [6.45, 7) is 6.72. The van der Waals surface area contributed by atoms with Gasteiger partial charge < -0.3 is 19.1 Å². The Balaban J connectivity index is -0.0000000450. The van der Waals surface area contributed by atoms with E-state index in [-0.39, 0.29) is 53.8 Å². The standard InChI is InChI=1S/C4H6.W.Y/c1-3-4-2;;/h1,3-4H,2H3;;/q-2;;. The third kappa shape index (κ3) is 18.1. The fourth-order valence-electron chi connectivity index (χ4n) is 0. The van der Waals surface area contributed by atoms with Crippen LogP contribution in [0.4, 0.5) is 0 Å². The third-order valence-electron chi connectivity index (χ3n) is 0.192. The van der Waals surface area contributed by atoms with Gasteiger partial charge >= 0.3 is 0 Å². The predicted octanol–water partition coefficient (Wildman–Crippen LogP) is 1.19. The van der Waals surface area contributed by atoms with Gasteiger partial charge in [-0.15, -0.1) is 0 Å². The van der Waals surface area contributed by atoms with Crippen molar-refractivity contribution in [3.05, 3.63) is 19.1 Å². The molecular formula is C4H6WY-2. The minimum atomic E-state index is 0. The summed E-state index contributed by atoms with van der Waals surface area (Å²) in [4.78, 5) is 0. The van der Waals surface area contributed by atoms with Crippen LogP contribution in [0.2, 0.25) is 0 Å². The number of hydrogen-bond acceptors (Lipinski definition) is 0. The van der Waals surface area contributed by atoms with Gasteiger partial charge in [0.1, 0.15) is 0 Å². The van der Waals surface area contributed by atoms with E-state index in [9.17, 15) is 0 Å². The molecule has 0 saturated heterocycles. The van der Waals surface area contributed by atoms with Crippen molar-refractivity contribution in [2.45, 2.75) is 6.92 Å². The number of allylic oxidation sites excluding steroid dienone is 1. The van der Waals surface area contributed by atoms with Gasteiger partial charge in [0, 0.05) is 53.8 Å². The van der Waals surface area contributed by atoms with E-state index < -0.39 is 0 Å². The van der Waals surface area contributed by atoms with Crippen LogP contribution in [0, 0.1) is 13.0 Å². The first-order valence-corrected chi connectivity index (χ1v) is 1.24. The normalized spacial score (nSPS) is 3.50. The fraction of sp³-hybridized carbons (Fsp3) is 0.250. The van der Waals surface area contributed by atoms with Crippen molar-refractivity contribution in [3.8, 4) is 0 Å². The molecule has 0 amide bonds. The first-order chi connectivity index (χ1) is 1.91. The summed E-state index contributed by atoms with van der Waals surface area (Å²) < 4.78 is 0. The second-order valence-corrected chi connectivity index (χ2v) is 0.526. The van der Waals surface area contributed by atoms with Gasteiger partial charge in [-0.2, -0.15) is 6.92 Å². The Morgan fingerprint density at radius 3 is 1.83 bits per heavy atom. The summed E-state index contributed by atoms with van der Waals surface area (Å²) >= 11 is 0. The molecule has 0 aliphatic carbocycles. The average molecular weight is 327 g/mol. The van der Waals surface area contributed by atoms with Crippen LogP contribution in [-0.4, -0.2) is 0 Å². The molecule has 0 aromatic heterocycles. The van der Waals surface area contributed by atoms with Gasteiger partial charge in [-0.1, -0.05) is 0 Å². The van der Waals surface area contributed by atoms with Crippen molar-refractivity contribution in [2.24, 2.45) is 0 Å². The summed E-state index contributed by atoms with van der Waals surface area (Å²) in [5.41, 5.74) is 0. The van der Waals surface area contributed by atoms with Gasteiger partial charge in [0.25, 0.3) is 0 Å². The van der Waals surface area contributed by atoms with E-state index in [1.54, 1.807) is 6.42 Å². The van der Waals surface area contributed by atoms with E-state index in [4.69, 9.17) is 6.58 Å². The van der Waals surface area contributed by atoms with E-state index in [1.807, 2.05) is 6.92 Å². The molecule has 0 spiro atoms. The maximum Gasteiger partial charge on any atom is 0 e. The van der Waals surface area contributed by atoms with E-state index >= 15 is 0 Å². The van der Waals surface area contributed by atoms with Gasteiger partial charge in [0.2, 0.25) is 0 Å². The molecule has 0 bridgehead atoms. The summed E-state index contributed by atoms with van der Waals surface area (Å²) in [5, 5.41) is 0. The molecule has 0 aliphatic rings. The largest absolute Gasteiger partial charge is 0.549 e. The Kier molecular flexibility index (Phi) is 42.1.